The van der Waals surface area contributed by atoms with Crippen LogP contribution in [0.3, 0.4) is 0 Å². The van der Waals surface area contributed by atoms with E-state index >= 15 is 0 Å². The van der Waals surface area contributed by atoms with E-state index in [1.165, 1.54) is 5.56 Å². The first-order valence-corrected chi connectivity index (χ1v) is 9.18. The molecule has 7 heteroatoms. The summed E-state index contributed by atoms with van der Waals surface area (Å²) in [4.78, 5) is 4.69. The van der Waals surface area contributed by atoms with Gasteiger partial charge in [0.2, 0.25) is 0 Å². The van der Waals surface area contributed by atoms with E-state index < -0.39 is 0 Å². The molecule has 2 aromatic rings. The Bertz CT molecular complexity index is 723. The molecule has 0 spiro atoms. The van der Waals surface area contributed by atoms with Crippen molar-refractivity contribution in [2.75, 3.05) is 6.54 Å². The molecule has 0 atom stereocenters. The first-order valence-electron chi connectivity index (χ1n) is 9.18. The van der Waals surface area contributed by atoms with Gasteiger partial charge < -0.3 is 19.9 Å². The lowest BCUT2D eigenvalue weighted by Crippen LogP contribution is -2.37. The summed E-state index contributed by atoms with van der Waals surface area (Å²) in [5.74, 6) is 2.52. The molecular weight excluding hydrogens is 328 g/mol. The van der Waals surface area contributed by atoms with Crippen LogP contribution < -0.4 is 15.4 Å². The monoisotopic (exact) mass is 358 g/mol. The number of benzene rings is 1. The number of hydrogen-bond acceptors (Lipinski definition) is 4. The van der Waals surface area contributed by atoms with Crippen LogP contribution in [0.15, 0.2) is 29.5 Å². The summed E-state index contributed by atoms with van der Waals surface area (Å²) in [6, 6.07) is 6.23. The zero-order valence-electron chi connectivity index (χ0n) is 16.4. The number of rotatable bonds is 8. The Morgan fingerprint density at radius 3 is 2.77 bits per heavy atom. The molecule has 0 saturated heterocycles. The molecule has 0 aliphatic rings. The Balaban J connectivity index is 2.09. The van der Waals surface area contributed by atoms with Crippen molar-refractivity contribution in [3.05, 3.63) is 41.5 Å². The van der Waals surface area contributed by atoms with Gasteiger partial charge in [-0.2, -0.15) is 0 Å². The van der Waals surface area contributed by atoms with E-state index in [9.17, 15) is 0 Å². The maximum atomic E-state index is 5.94. The van der Waals surface area contributed by atoms with Gasteiger partial charge in [-0.3, -0.25) is 0 Å². The average molecular weight is 358 g/mol. The third-order valence-electron chi connectivity index (χ3n) is 3.79. The number of aryl methyl sites for hydroxylation is 2. The van der Waals surface area contributed by atoms with Gasteiger partial charge in [0.15, 0.2) is 11.8 Å². The second-order valence-corrected chi connectivity index (χ2v) is 6.36. The molecule has 0 aliphatic heterocycles. The third kappa shape index (κ3) is 5.75. The lowest BCUT2D eigenvalue weighted by atomic mass is 10.1. The number of aromatic nitrogens is 3. The van der Waals surface area contributed by atoms with E-state index in [-0.39, 0.29) is 6.10 Å². The highest BCUT2D eigenvalue weighted by atomic mass is 16.5. The van der Waals surface area contributed by atoms with Crippen molar-refractivity contribution >= 4 is 5.96 Å². The van der Waals surface area contributed by atoms with Crippen molar-refractivity contribution in [3.63, 3.8) is 0 Å². The zero-order valence-corrected chi connectivity index (χ0v) is 16.4. The number of ether oxygens (including phenoxy) is 1. The van der Waals surface area contributed by atoms with Gasteiger partial charge in [0, 0.05) is 18.7 Å². The summed E-state index contributed by atoms with van der Waals surface area (Å²) in [6.45, 7) is 13.0. The highest BCUT2D eigenvalue weighted by Gasteiger charge is 2.08. The van der Waals surface area contributed by atoms with Gasteiger partial charge in [0.05, 0.1) is 19.2 Å². The quantitative estimate of drug-likeness (QED) is 0.560. The largest absolute Gasteiger partial charge is 0.491 e. The maximum Gasteiger partial charge on any atom is 0.191 e. The molecule has 26 heavy (non-hydrogen) atoms. The van der Waals surface area contributed by atoms with Gasteiger partial charge in [-0.05, 0) is 46.2 Å². The van der Waals surface area contributed by atoms with Gasteiger partial charge in [0.25, 0.3) is 0 Å². The van der Waals surface area contributed by atoms with Crippen molar-refractivity contribution < 1.29 is 4.74 Å². The molecule has 0 fully saturated rings. The first-order chi connectivity index (χ1) is 12.5. The van der Waals surface area contributed by atoms with E-state index in [0.29, 0.717) is 13.1 Å². The molecule has 7 nitrogen and oxygen atoms in total. The number of nitrogens with one attached hydrogen (secondary N) is 2. The molecule has 0 saturated carbocycles. The zero-order chi connectivity index (χ0) is 18.9. The van der Waals surface area contributed by atoms with Crippen molar-refractivity contribution in [1.82, 2.24) is 25.4 Å². The molecule has 2 rings (SSSR count). The molecule has 0 bridgehead atoms. The van der Waals surface area contributed by atoms with Crippen LogP contribution in [0.4, 0.5) is 0 Å². The molecule has 1 heterocycles. The molecule has 1 aromatic carbocycles. The second kappa shape index (κ2) is 9.79. The van der Waals surface area contributed by atoms with Crippen LogP contribution in [0.2, 0.25) is 0 Å². The lowest BCUT2D eigenvalue weighted by molar-refractivity contribution is 0.240. The number of aliphatic imine (C=N–C) groups is 1. The van der Waals surface area contributed by atoms with Crippen LogP contribution in [0.25, 0.3) is 0 Å². The maximum absolute atomic E-state index is 5.94. The van der Waals surface area contributed by atoms with Crippen LogP contribution in [0, 0.1) is 6.92 Å². The summed E-state index contributed by atoms with van der Waals surface area (Å²) >= 11 is 0. The fourth-order valence-electron chi connectivity index (χ4n) is 2.50. The van der Waals surface area contributed by atoms with Crippen LogP contribution >= 0.6 is 0 Å². The van der Waals surface area contributed by atoms with Crippen molar-refractivity contribution in [2.45, 2.75) is 60.4 Å². The fourth-order valence-corrected chi connectivity index (χ4v) is 2.50. The van der Waals surface area contributed by atoms with E-state index in [0.717, 1.165) is 36.2 Å². The van der Waals surface area contributed by atoms with Gasteiger partial charge in [-0.1, -0.05) is 12.1 Å². The standard InChI is InChI=1S/C19H30N6O/c1-6-20-19(22-12-18-24-23-13-25(18)7-2)21-11-16-9-8-15(5)10-17(16)26-14(3)4/h8-10,13-14H,6-7,11-12H2,1-5H3,(H2,20,21,22). The van der Waals surface area contributed by atoms with Gasteiger partial charge in [-0.25, -0.2) is 4.99 Å². The summed E-state index contributed by atoms with van der Waals surface area (Å²) in [6.07, 6.45) is 1.87. The van der Waals surface area contributed by atoms with E-state index in [1.54, 1.807) is 6.33 Å². The van der Waals surface area contributed by atoms with Gasteiger partial charge >= 0.3 is 0 Å². The average Bonchev–Trinajstić information content (AvgIpc) is 3.05. The molecule has 142 valence electrons. The Kier molecular flexibility index (Phi) is 7.44. The Labute approximate surface area is 155 Å². The summed E-state index contributed by atoms with van der Waals surface area (Å²) in [7, 11) is 0. The minimum absolute atomic E-state index is 0.131. The van der Waals surface area contributed by atoms with E-state index in [4.69, 9.17) is 9.73 Å². The molecule has 2 N–H and O–H groups in total. The molecule has 0 radical (unpaired) electrons. The smallest absolute Gasteiger partial charge is 0.191 e. The highest BCUT2D eigenvalue weighted by molar-refractivity contribution is 5.79. The normalized spacial score (nSPS) is 11.7. The van der Waals surface area contributed by atoms with Gasteiger partial charge in [0.1, 0.15) is 12.1 Å². The van der Waals surface area contributed by atoms with Crippen molar-refractivity contribution in [1.29, 1.82) is 0 Å². The van der Waals surface area contributed by atoms with E-state index in [2.05, 4.69) is 52.9 Å². The minimum Gasteiger partial charge on any atom is -0.491 e. The predicted octanol–water partition coefficient (Wildman–Crippen LogP) is 2.65. The van der Waals surface area contributed by atoms with Crippen LogP contribution in [0.1, 0.15) is 44.6 Å². The Morgan fingerprint density at radius 2 is 2.08 bits per heavy atom. The molecule has 0 unspecified atom stereocenters. The molecule has 0 amide bonds. The second-order valence-electron chi connectivity index (χ2n) is 6.36. The first kappa shape index (κ1) is 19.8. The van der Waals surface area contributed by atoms with Crippen LogP contribution in [-0.2, 0) is 19.6 Å². The number of nitrogens with zero attached hydrogens (tertiary/aromatic N) is 4. The number of hydrogen-bond donors (Lipinski definition) is 2. The summed E-state index contributed by atoms with van der Waals surface area (Å²) < 4.78 is 7.94. The predicted molar refractivity (Wildman–Crippen MR) is 104 cm³/mol. The Hall–Kier alpha value is -2.57. The van der Waals surface area contributed by atoms with Crippen molar-refractivity contribution in [2.24, 2.45) is 4.99 Å². The fraction of sp³-hybridized carbons (Fsp3) is 0.526. The Morgan fingerprint density at radius 1 is 1.27 bits per heavy atom. The van der Waals surface area contributed by atoms with Crippen LogP contribution in [-0.4, -0.2) is 33.4 Å². The lowest BCUT2D eigenvalue weighted by Gasteiger charge is -2.15. The SMILES string of the molecule is CCNC(=NCc1ccc(C)cc1OC(C)C)NCc1nncn1CC. The molecule has 0 aliphatic carbocycles. The molecular formula is C19H30N6O. The summed E-state index contributed by atoms with van der Waals surface area (Å²) in [5, 5.41) is 14.7. The number of guanidine groups is 1. The minimum atomic E-state index is 0.131. The van der Waals surface area contributed by atoms with E-state index in [1.807, 2.05) is 25.3 Å². The van der Waals surface area contributed by atoms with Crippen molar-refractivity contribution in [3.8, 4) is 5.75 Å². The van der Waals surface area contributed by atoms with Gasteiger partial charge in [-0.15, -0.1) is 10.2 Å². The van der Waals surface area contributed by atoms with Crippen LogP contribution in [0.5, 0.6) is 5.75 Å². The third-order valence-corrected chi connectivity index (χ3v) is 3.79. The highest BCUT2D eigenvalue weighted by Crippen LogP contribution is 2.22. The topological polar surface area (TPSA) is 76.4 Å². The summed E-state index contributed by atoms with van der Waals surface area (Å²) in [5.41, 5.74) is 2.25. The molecule has 1 aromatic heterocycles.